The van der Waals surface area contributed by atoms with Gasteiger partial charge in [-0.05, 0) is 25.5 Å². The average Bonchev–Trinajstić information content (AvgIpc) is 2.08. The number of aryl methyl sites for hydroxylation is 1. The van der Waals surface area contributed by atoms with Crippen molar-refractivity contribution in [3.63, 3.8) is 0 Å². The van der Waals surface area contributed by atoms with Crippen molar-refractivity contribution < 1.29 is 4.92 Å². The van der Waals surface area contributed by atoms with E-state index in [1.54, 1.807) is 13.0 Å². The van der Waals surface area contributed by atoms with E-state index >= 15 is 0 Å². The number of rotatable bonds is 3. The molecule has 5 N–H and O–H groups in total. The van der Waals surface area contributed by atoms with E-state index in [0.29, 0.717) is 5.69 Å². The Bertz CT molecular complexity index is 390. The topological polar surface area (TPSA) is 107 Å². The molecule has 0 aliphatic heterocycles. The van der Waals surface area contributed by atoms with Crippen molar-refractivity contribution in [1.82, 2.24) is 0 Å². The second-order valence-electron chi connectivity index (χ2n) is 3.42. The Morgan fingerprint density at radius 2 is 2.13 bits per heavy atom. The summed E-state index contributed by atoms with van der Waals surface area (Å²) in [6, 6.07) is 2.96. The molecule has 0 spiro atoms. The first-order valence-corrected chi connectivity index (χ1v) is 4.48. The van der Waals surface area contributed by atoms with Gasteiger partial charge in [-0.1, -0.05) is 0 Å². The molecule has 0 aliphatic rings. The molecular weight excluding hydrogens is 196 g/mol. The van der Waals surface area contributed by atoms with Gasteiger partial charge in [0, 0.05) is 11.8 Å². The van der Waals surface area contributed by atoms with Gasteiger partial charge < -0.3 is 16.8 Å². The molecule has 82 valence electrons. The highest BCUT2D eigenvalue weighted by molar-refractivity contribution is 5.69. The standard InChI is InChI=1S/C9H14N4O2/c1-5-3-7(11)9(13(14)15)4-8(5)12-6(2)10/h3-4,6,12H,10-11H2,1-2H3. The lowest BCUT2D eigenvalue weighted by atomic mass is 10.1. The van der Waals surface area contributed by atoms with Crippen LogP contribution in [0.25, 0.3) is 0 Å². The summed E-state index contributed by atoms with van der Waals surface area (Å²) >= 11 is 0. The lowest BCUT2D eigenvalue weighted by Crippen LogP contribution is -2.25. The molecule has 1 unspecified atom stereocenters. The monoisotopic (exact) mass is 210 g/mol. The van der Waals surface area contributed by atoms with E-state index in [9.17, 15) is 10.1 Å². The first kappa shape index (κ1) is 11.3. The summed E-state index contributed by atoms with van der Waals surface area (Å²) in [4.78, 5) is 10.1. The van der Waals surface area contributed by atoms with Crippen LogP contribution in [-0.2, 0) is 0 Å². The van der Waals surface area contributed by atoms with E-state index < -0.39 is 4.92 Å². The number of anilines is 2. The molecule has 1 aromatic rings. The smallest absolute Gasteiger partial charge is 0.294 e. The second-order valence-corrected chi connectivity index (χ2v) is 3.42. The minimum absolute atomic E-state index is 0.108. The third kappa shape index (κ3) is 2.57. The molecule has 0 amide bonds. The number of nitro groups is 1. The molecule has 1 aromatic carbocycles. The van der Waals surface area contributed by atoms with E-state index in [1.165, 1.54) is 6.07 Å². The maximum absolute atomic E-state index is 10.6. The van der Waals surface area contributed by atoms with Crippen LogP contribution < -0.4 is 16.8 Å². The van der Waals surface area contributed by atoms with Crippen LogP contribution in [0.4, 0.5) is 17.1 Å². The lowest BCUT2D eigenvalue weighted by molar-refractivity contribution is -0.383. The van der Waals surface area contributed by atoms with Crippen molar-refractivity contribution in [2.45, 2.75) is 20.0 Å². The SMILES string of the molecule is Cc1cc(N)c([N+](=O)[O-])cc1NC(C)N. The molecule has 0 fully saturated rings. The average molecular weight is 210 g/mol. The Kier molecular flexibility index (Phi) is 3.11. The third-order valence-electron chi connectivity index (χ3n) is 1.95. The van der Waals surface area contributed by atoms with E-state index in [2.05, 4.69) is 5.32 Å². The van der Waals surface area contributed by atoms with Gasteiger partial charge in [0.2, 0.25) is 0 Å². The minimum Gasteiger partial charge on any atom is -0.393 e. The first-order valence-electron chi connectivity index (χ1n) is 4.48. The zero-order chi connectivity index (χ0) is 11.6. The van der Waals surface area contributed by atoms with Gasteiger partial charge in [0.05, 0.1) is 11.1 Å². The molecule has 0 saturated carbocycles. The van der Waals surface area contributed by atoms with E-state index in [1.807, 2.05) is 6.92 Å². The third-order valence-corrected chi connectivity index (χ3v) is 1.95. The number of nitrogens with one attached hydrogen (secondary N) is 1. The molecule has 0 aliphatic carbocycles. The number of benzene rings is 1. The molecule has 1 atom stereocenters. The summed E-state index contributed by atoms with van der Waals surface area (Å²) in [6.07, 6.45) is -0.271. The van der Waals surface area contributed by atoms with Gasteiger partial charge in [-0.25, -0.2) is 0 Å². The summed E-state index contributed by atoms with van der Waals surface area (Å²) in [5.74, 6) is 0. The van der Waals surface area contributed by atoms with Crippen LogP contribution in [0.3, 0.4) is 0 Å². The van der Waals surface area contributed by atoms with E-state index in [-0.39, 0.29) is 17.5 Å². The Hall–Kier alpha value is -1.82. The molecule has 0 radical (unpaired) electrons. The van der Waals surface area contributed by atoms with Crippen LogP contribution in [0.5, 0.6) is 0 Å². The largest absolute Gasteiger partial charge is 0.393 e. The molecule has 1 rings (SSSR count). The molecule has 0 saturated heterocycles. The summed E-state index contributed by atoms with van der Waals surface area (Å²) in [6.45, 7) is 3.56. The van der Waals surface area contributed by atoms with Crippen LogP contribution in [0, 0.1) is 17.0 Å². The maximum atomic E-state index is 10.6. The number of hydrogen-bond donors (Lipinski definition) is 3. The van der Waals surface area contributed by atoms with Gasteiger partial charge in [0.1, 0.15) is 5.69 Å². The highest BCUT2D eigenvalue weighted by Gasteiger charge is 2.14. The van der Waals surface area contributed by atoms with Gasteiger partial charge in [-0.15, -0.1) is 0 Å². The number of nitrogen functional groups attached to an aromatic ring is 1. The van der Waals surface area contributed by atoms with Crippen LogP contribution in [-0.4, -0.2) is 11.1 Å². The number of hydrogen-bond acceptors (Lipinski definition) is 5. The van der Waals surface area contributed by atoms with Crippen LogP contribution in [0.2, 0.25) is 0 Å². The van der Waals surface area contributed by atoms with Crippen molar-refractivity contribution in [2.75, 3.05) is 11.1 Å². The van der Waals surface area contributed by atoms with E-state index in [4.69, 9.17) is 11.5 Å². The zero-order valence-corrected chi connectivity index (χ0v) is 8.65. The lowest BCUT2D eigenvalue weighted by Gasteiger charge is -2.13. The Balaban J connectivity index is 3.17. The number of nitrogens with two attached hydrogens (primary N) is 2. The fourth-order valence-corrected chi connectivity index (χ4v) is 1.28. The fourth-order valence-electron chi connectivity index (χ4n) is 1.28. The molecule has 0 heterocycles. The van der Waals surface area contributed by atoms with Crippen LogP contribution in [0.1, 0.15) is 12.5 Å². The van der Waals surface area contributed by atoms with Crippen molar-refractivity contribution in [2.24, 2.45) is 5.73 Å². The maximum Gasteiger partial charge on any atom is 0.294 e. The molecule has 15 heavy (non-hydrogen) atoms. The first-order chi connectivity index (χ1) is 6.91. The molecule has 6 heteroatoms. The molecule has 0 aromatic heterocycles. The molecule has 6 nitrogen and oxygen atoms in total. The highest BCUT2D eigenvalue weighted by Crippen LogP contribution is 2.28. The van der Waals surface area contributed by atoms with Crippen molar-refractivity contribution in [3.8, 4) is 0 Å². The molecule has 0 bridgehead atoms. The van der Waals surface area contributed by atoms with Gasteiger partial charge in [0.25, 0.3) is 5.69 Å². The van der Waals surface area contributed by atoms with Gasteiger partial charge in [-0.3, -0.25) is 10.1 Å². The van der Waals surface area contributed by atoms with Crippen molar-refractivity contribution in [1.29, 1.82) is 0 Å². The van der Waals surface area contributed by atoms with Crippen molar-refractivity contribution in [3.05, 3.63) is 27.8 Å². The number of nitro benzene ring substituents is 1. The summed E-state index contributed by atoms with van der Waals surface area (Å²) < 4.78 is 0. The van der Waals surface area contributed by atoms with Crippen molar-refractivity contribution >= 4 is 17.1 Å². The fraction of sp³-hybridized carbons (Fsp3) is 0.333. The predicted molar refractivity (Wildman–Crippen MR) is 59.5 cm³/mol. The quantitative estimate of drug-likeness (QED) is 0.301. The van der Waals surface area contributed by atoms with Crippen LogP contribution in [0.15, 0.2) is 12.1 Å². The number of nitrogens with zero attached hydrogens (tertiary/aromatic N) is 1. The van der Waals surface area contributed by atoms with Gasteiger partial charge >= 0.3 is 0 Å². The minimum atomic E-state index is -0.513. The summed E-state index contributed by atoms with van der Waals surface area (Å²) in [7, 11) is 0. The van der Waals surface area contributed by atoms with Gasteiger partial charge in [0.15, 0.2) is 0 Å². The van der Waals surface area contributed by atoms with E-state index in [0.717, 1.165) is 5.56 Å². The molecular formula is C9H14N4O2. The normalized spacial score (nSPS) is 12.2. The zero-order valence-electron chi connectivity index (χ0n) is 8.65. The Morgan fingerprint density at radius 3 is 2.60 bits per heavy atom. The summed E-state index contributed by atoms with van der Waals surface area (Å²) in [5, 5.41) is 13.6. The van der Waals surface area contributed by atoms with Crippen LogP contribution >= 0.6 is 0 Å². The Morgan fingerprint density at radius 1 is 1.53 bits per heavy atom. The highest BCUT2D eigenvalue weighted by atomic mass is 16.6. The second kappa shape index (κ2) is 4.14. The predicted octanol–water partition coefficient (Wildman–Crippen LogP) is 1.20. The van der Waals surface area contributed by atoms with Gasteiger partial charge in [-0.2, -0.15) is 0 Å². The Labute approximate surface area is 87.4 Å². The summed E-state index contributed by atoms with van der Waals surface area (Å²) in [5.41, 5.74) is 12.6.